The quantitative estimate of drug-likeness (QED) is 0.811. The molecule has 2 aromatic rings. The normalized spacial score (nSPS) is 10.5. The molecule has 0 amide bonds. The average molecular weight is 321 g/mol. The van der Waals surface area contributed by atoms with E-state index in [0.717, 1.165) is 0 Å². The maximum atomic E-state index is 12.3. The highest BCUT2D eigenvalue weighted by Gasteiger charge is 2.15. The van der Waals surface area contributed by atoms with Crippen molar-refractivity contribution < 1.29 is 9.53 Å². The molecule has 0 unspecified atom stereocenters. The number of carbonyl (C=O) groups excluding carboxylic acids is 1. The fraction of sp³-hybridized carbons (Fsp3) is 0.214. The van der Waals surface area contributed by atoms with Gasteiger partial charge >= 0.3 is 0 Å². The monoisotopic (exact) mass is 320 g/mol. The van der Waals surface area contributed by atoms with Crippen molar-refractivity contribution in [1.82, 2.24) is 9.97 Å². The summed E-state index contributed by atoms with van der Waals surface area (Å²) < 4.78 is 6.19. The Bertz CT molecular complexity index is 600. The second kappa shape index (κ2) is 5.93. The van der Waals surface area contributed by atoms with Gasteiger partial charge in [0.1, 0.15) is 11.4 Å². The smallest absolute Gasteiger partial charge is 0.214 e. The number of ether oxygens (including phenoxy) is 1. The summed E-state index contributed by atoms with van der Waals surface area (Å²) in [7, 11) is 0. The van der Waals surface area contributed by atoms with Crippen molar-refractivity contribution in [3.8, 4) is 5.75 Å². The van der Waals surface area contributed by atoms with Crippen LogP contribution in [0.2, 0.25) is 0 Å². The highest BCUT2D eigenvalue weighted by molar-refractivity contribution is 9.10. The second-order valence-corrected chi connectivity index (χ2v) is 5.09. The van der Waals surface area contributed by atoms with Crippen molar-refractivity contribution >= 4 is 21.7 Å². The zero-order valence-corrected chi connectivity index (χ0v) is 12.2. The van der Waals surface area contributed by atoms with Gasteiger partial charge in [-0.05, 0) is 48.0 Å². The van der Waals surface area contributed by atoms with E-state index in [-0.39, 0.29) is 11.9 Å². The van der Waals surface area contributed by atoms with Crippen LogP contribution in [0.25, 0.3) is 0 Å². The van der Waals surface area contributed by atoms with E-state index < -0.39 is 0 Å². The minimum Gasteiger partial charge on any atom is -0.489 e. The van der Waals surface area contributed by atoms with E-state index in [1.807, 2.05) is 13.8 Å². The van der Waals surface area contributed by atoms with Gasteiger partial charge in [0.05, 0.1) is 12.3 Å². The molecular formula is C14H13BrN2O2. The van der Waals surface area contributed by atoms with E-state index in [9.17, 15) is 4.79 Å². The zero-order valence-electron chi connectivity index (χ0n) is 10.6. The molecule has 0 fully saturated rings. The van der Waals surface area contributed by atoms with Crippen LogP contribution in [-0.4, -0.2) is 21.9 Å². The fourth-order valence-electron chi connectivity index (χ4n) is 1.57. The molecule has 0 atom stereocenters. The lowest BCUT2D eigenvalue weighted by atomic mass is 10.1. The van der Waals surface area contributed by atoms with Gasteiger partial charge in [-0.3, -0.25) is 14.8 Å². The predicted octanol–water partition coefficient (Wildman–Crippen LogP) is 3.26. The van der Waals surface area contributed by atoms with E-state index in [2.05, 4.69) is 25.9 Å². The maximum Gasteiger partial charge on any atom is 0.214 e. The number of carbonyl (C=O) groups is 1. The Kier molecular flexibility index (Phi) is 4.27. The minimum absolute atomic E-state index is 0.0359. The number of nitrogens with zero attached hydrogens (tertiary/aromatic N) is 2. The van der Waals surface area contributed by atoms with Gasteiger partial charge in [-0.15, -0.1) is 0 Å². The molecule has 0 bridgehead atoms. The average Bonchev–Trinajstić information content (AvgIpc) is 2.38. The topological polar surface area (TPSA) is 52.1 Å². The van der Waals surface area contributed by atoms with Crippen molar-refractivity contribution in [1.29, 1.82) is 0 Å². The first-order valence-electron chi connectivity index (χ1n) is 5.85. The van der Waals surface area contributed by atoms with E-state index in [0.29, 0.717) is 21.5 Å². The first-order valence-corrected chi connectivity index (χ1v) is 6.64. The van der Waals surface area contributed by atoms with Crippen LogP contribution >= 0.6 is 15.9 Å². The first kappa shape index (κ1) is 13.7. The predicted molar refractivity (Wildman–Crippen MR) is 75.4 cm³/mol. The molecule has 98 valence electrons. The molecule has 0 aromatic carbocycles. The van der Waals surface area contributed by atoms with Crippen LogP contribution in [0.3, 0.4) is 0 Å². The van der Waals surface area contributed by atoms with Crippen LogP contribution in [-0.2, 0) is 0 Å². The van der Waals surface area contributed by atoms with Gasteiger partial charge in [-0.1, -0.05) is 0 Å². The second-order valence-electron chi connectivity index (χ2n) is 4.24. The molecule has 0 saturated heterocycles. The van der Waals surface area contributed by atoms with Gasteiger partial charge in [0.15, 0.2) is 0 Å². The fourth-order valence-corrected chi connectivity index (χ4v) is 2.00. The first-order chi connectivity index (χ1) is 9.08. The number of hydrogen-bond donors (Lipinski definition) is 0. The third-order valence-electron chi connectivity index (χ3n) is 2.32. The van der Waals surface area contributed by atoms with E-state index >= 15 is 0 Å². The summed E-state index contributed by atoms with van der Waals surface area (Å²) in [6.45, 7) is 3.84. The van der Waals surface area contributed by atoms with Crippen molar-refractivity contribution in [3.05, 3.63) is 52.5 Å². The summed E-state index contributed by atoms with van der Waals surface area (Å²) in [5, 5.41) is 0. The van der Waals surface area contributed by atoms with Crippen LogP contribution in [0.4, 0.5) is 0 Å². The summed E-state index contributed by atoms with van der Waals surface area (Å²) >= 11 is 3.32. The summed E-state index contributed by atoms with van der Waals surface area (Å²) in [5.74, 6) is 0.391. The minimum atomic E-state index is -0.186. The van der Waals surface area contributed by atoms with E-state index in [1.165, 1.54) is 6.20 Å². The van der Waals surface area contributed by atoms with Gasteiger partial charge in [0.25, 0.3) is 0 Å². The van der Waals surface area contributed by atoms with Gasteiger partial charge in [-0.25, -0.2) is 0 Å². The standard InChI is InChI=1S/C14H13BrN2O2/c1-9(2)19-11-6-10(7-16-8-11)14(18)13-12(15)4-3-5-17-13/h3-9H,1-2H3. The summed E-state index contributed by atoms with van der Waals surface area (Å²) in [6.07, 6.45) is 4.72. The van der Waals surface area contributed by atoms with Gasteiger partial charge < -0.3 is 4.74 Å². The Balaban J connectivity index is 2.32. The van der Waals surface area contributed by atoms with E-state index in [1.54, 1.807) is 30.6 Å². The highest BCUT2D eigenvalue weighted by Crippen LogP contribution is 2.19. The Morgan fingerprint density at radius 1 is 1.37 bits per heavy atom. The number of ketones is 1. The van der Waals surface area contributed by atoms with Crippen molar-refractivity contribution in [2.75, 3.05) is 0 Å². The molecule has 0 aliphatic heterocycles. The molecule has 0 saturated carbocycles. The Morgan fingerprint density at radius 2 is 2.16 bits per heavy atom. The molecular weight excluding hydrogens is 308 g/mol. The molecule has 2 heterocycles. The molecule has 4 nitrogen and oxygen atoms in total. The molecule has 0 radical (unpaired) electrons. The lowest BCUT2D eigenvalue weighted by Crippen LogP contribution is -2.09. The summed E-state index contributed by atoms with van der Waals surface area (Å²) in [6, 6.07) is 5.22. The van der Waals surface area contributed by atoms with Gasteiger partial charge in [0, 0.05) is 22.4 Å². The van der Waals surface area contributed by atoms with Crippen LogP contribution in [0, 0.1) is 0 Å². The number of hydrogen-bond acceptors (Lipinski definition) is 4. The zero-order chi connectivity index (χ0) is 13.8. The molecule has 0 spiro atoms. The molecule has 0 N–H and O–H groups in total. The third kappa shape index (κ3) is 3.38. The van der Waals surface area contributed by atoms with Crippen LogP contribution in [0.5, 0.6) is 5.75 Å². The Hall–Kier alpha value is -1.75. The molecule has 19 heavy (non-hydrogen) atoms. The number of rotatable bonds is 4. The Labute approximate surface area is 120 Å². The van der Waals surface area contributed by atoms with Crippen molar-refractivity contribution in [2.45, 2.75) is 20.0 Å². The summed E-state index contributed by atoms with van der Waals surface area (Å²) in [5.41, 5.74) is 0.823. The Morgan fingerprint density at radius 3 is 2.84 bits per heavy atom. The maximum absolute atomic E-state index is 12.3. The van der Waals surface area contributed by atoms with Gasteiger partial charge in [-0.2, -0.15) is 0 Å². The third-order valence-corrected chi connectivity index (χ3v) is 2.96. The number of pyridine rings is 2. The van der Waals surface area contributed by atoms with Crippen molar-refractivity contribution in [2.24, 2.45) is 0 Å². The lowest BCUT2D eigenvalue weighted by molar-refractivity contribution is 0.103. The number of halogens is 1. The van der Waals surface area contributed by atoms with Crippen molar-refractivity contribution in [3.63, 3.8) is 0 Å². The van der Waals surface area contributed by atoms with Crippen LogP contribution < -0.4 is 4.74 Å². The largest absolute Gasteiger partial charge is 0.489 e. The van der Waals surface area contributed by atoms with Gasteiger partial charge in [0.2, 0.25) is 5.78 Å². The molecule has 5 heteroatoms. The lowest BCUT2D eigenvalue weighted by Gasteiger charge is -2.10. The number of aromatic nitrogens is 2. The molecule has 0 aliphatic carbocycles. The van der Waals surface area contributed by atoms with E-state index in [4.69, 9.17) is 4.74 Å². The van der Waals surface area contributed by atoms with Crippen LogP contribution in [0.15, 0.2) is 41.3 Å². The summed E-state index contributed by atoms with van der Waals surface area (Å²) in [4.78, 5) is 20.4. The highest BCUT2D eigenvalue weighted by atomic mass is 79.9. The molecule has 0 aliphatic rings. The molecule has 2 rings (SSSR count). The SMILES string of the molecule is CC(C)Oc1cncc(C(=O)c2ncccc2Br)c1. The molecule has 2 aromatic heterocycles. The van der Waals surface area contributed by atoms with Crippen LogP contribution in [0.1, 0.15) is 29.9 Å².